The van der Waals surface area contributed by atoms with Gasteiger partial charge in [0.2, 0.25) is 12.7 Å². The van der Waals surface area contributed by atoms with E-state index in [4.69, 9.17) is 31.2 Å². The molecule has 0 bridgehead atoms. The normalized spacial score (nSPS) is 15.5. The molecule has 0 spiro atoms. The van der Waals surface area contributed by atoms with Crippen molar-refractivity contribution < 1.29 is 23.7 Å². The van der Waals surface area contributed by atoms with Gasteiger partial charge < -0.3 is 18.9 Å². The first-order chi connectivity index (χ1) is 18.5. The number of ether oxygens (including phenoxy) is 4. The number of pyridine rings is 1. The molecule has 4 aromatic rings. The van der Waals surface area contributed by atoms with Gasteiger partial charge in [-0.1, -0.05) is 36.1 Å². The van der Waals surface area contributed by atoms with Crippen LogP contribution in [0, 0.1) is 0 Å². The topological polar surface area (TPSA) is 91.6 Å². The van der Waals surface area contributed by atoms with Crippen molar-refractivity contribution in [2.24, 2.45) is 0 Å². The number of amides is 1. The fourth-order valence-corrected chi connectivity index (χ4v) is 5.27. The van der Waals surface area contributed by atoms with Crippen LogP contribution in [0.2, 0.25) is 0 Å². The van der Waals surface area contributed by atoms with E-state index < -0.39 is 0 Å². The summed E-state index contributed by atoms with van der Waals surface area (Å²) in [6, 6.07) is 17.6. The SMILES string of the molecule is COc1ccc(Oc2nc3ccccn3c(=O)c2C=C2SC(=S)N(Cc3ccc4c(c3)OCO4)C2=O)cc1. The number of nitrogens with zero attached hydrogens (tertiary/aromatic N) is 3. The predicted octanol–water partition coefficient (Wildman–Crippen LogP) is 4.63. The highest BCUT2D eigenvalue weighted by molar-refractivity contribution is 8.26. The average molecular weight is 546 g/mol. The minimum atomic E-state index is -0.375. The molecule has 6 rings (SSSR count). The van der Waals surface area contributed by atoms with E-state index in [9.17, 15) is 9.59 Å². The van der Waals surface area contributed by atoms with Gasteiger partial charge in [-0.25, -0.2) is 0 Å². The van der Waals surface area contributed by atoms with Crippen molar-refractivity contribution in [2.75, 3.05) is 13.9 Å². The van der Waals surface area contributed by atoms with Crippen molar-refractivity contribution in [1.29, 1.82) is 0 Å². The number of aromatic nitrogens is 2. The maximum absolute atomic E-state index is 13.5. The zero-order valence-electron chi connectivity index (χ0n) is 20.0. The molecule has 190 valence electrons. The molecule has 1 fully saturated rings. The smallest absolute Gasteiger partial charge is 0.269 e. The maximum atomic E-state index is 13.5. The highest BCUT2D eigenvalue weighted by atomic mass is 32.2. The lowest BCUT2D eigenvalue weighted by molar-refractivity contribution is -0.122. The van der Waals surface area contributed by atoms with Crippen molar-refractivity contribution in [2.45, 2.75) is 6.54 Å². The van der Waals surface area contributed by atoms with E-state index in [1.54, 1.807) is 61.8 Å². The summed E-state index contributed by atoms with van der Waals surface area (Å²) < 4.78 is 23.8. The lowest BCUT2D eigenvalue weighted by Gasteiger charge is -2.14. The van der Waals surface area contributed by atoms with E-state index in [0.717, 1.165) is 17.3 Å². The van der Waals surface area contributed by atoms with Gasteiger partial charge in [-0.2, -0.15) is 4.98 Å². The zero-order valence-corrected chi connectivity index (χ0v) is 21.6. The molecule has 2 aliphatic heterocycles. The van der Waals surface area contributed by atoms with E-state index in [1.165, 1.54) is 15.4 Å². The van der Waals surface area contributed by atoms with Gasteiger partial charge in [-0.15, -0.1) is 0 Å². The number of carbonyl (C=O) groups excluding carboxylic acids is 1. The fraction of sp³-hybridized carbons (Fsp3) is 0.111. The third kappa shape index (κ3) is 4.46. The van der Waals surface area contributed by atoms with Crippen molar-refractivity contribution in [3.05, 3.63) is 93.2 Å². The number of thiocarbonyl (C=S) groups is 1. The number of carbonyl (C=O) groups is 1. The molecule has 1 saturated heterocycles. The van der Waals surface area contributed by atoms with Crippen LogP contribution in [0.4, 0.5) is 0 Å². The monoisotopic (exact) mass is 545 g/mol. The number of hydrogen-bond acceptors (Lipinski definition) is 9. The second-order valence-electron chi connectivity index (χ2n) is 8.30. The van der Waals surface area contributed by atoms with Crippen molar-refractivity contribution in [1.82, 2.24) is 14.3 Å². The van der Waals surface area contributed by atoms with E-state index in [2.05, 4.69) is 4.98 Å². The number of fused-ring (bicyclic) bond motifs is 2. The molecule has 0 N–H and O–H groups in total. The lowest BCUT2D eigenvalue weighted by atomic mass is 10.2. The molecule has 4 heterocycles. The first-order valence-corrected chi connectivity index (χ1v) is 12.7. The van der Waals surface area contributed by atoms with Gasteiger partial charge in [0.1, 0.15) is 27.0 Å². The molecule has 2 aromatic heterocycles. The highest BCUT2D eigenvalue weighted by Crippen LogP contribution is 2.37. The third-order valence-electron chi connectivity index (χ3n) is 5.93. The Hall–Kier alpha value is -4.35. The van der Waals surface area contributed by atoms with Gasteiger partial charge in [-0.05, 0) is 60.2 Å². The average Bonchev–Trinajstić information content (AvgIpc) is 3.51. The highest BCUT2D eigenvalue weighted by Gasteiger charge is 2.33. The number of benzene rings is 2. The Kier molecular flexibility index (Phi) is 6.22. The van der Waals surface area contributed by atoms with Crippen LogP contribution in [0.5, 0.6) is 28.9 Å². The van der Waals surface area contributed by atoms with Crippen LogP contribution >= 0.6 is 24.0 Å². The van der Waals surface area contributed by atoms with Crippen LogP contribution in [-0.4, -0.2) is 38.4 Å². The number of methoxy groups -OCH3 is 1. The number of hydrogen-bond donors (Lipinski definition) is 0. The Morgan fingerprint density at radius 2 is 1.84 bits per heavy atom. The van der Waals surface area contributed by atoms with Gasteiger partial charge >= 0.3 is 0 Å². The van der Waals surface area contributed by atoms with Gasteiger partial charge in [0.15, 0.2) is 11.5 Å². The molecule has 2 aromatic carbocycles. The van der Waals surface area contributed by atoms with Crippen LogP contribution in [0.1, 0.15) is 11.1 Å². The van der Waals surface area contributed by atoms with Crippen LogP contribution < -0.4 is 24.5 Å². The second-order valence-corrected chi connectivity index (χ2v) is 9.97. The van der Waals surface area contributed by atoms with E-state index >= 15 is 0 Å². The minimum absolute atomic E-state index is 0.0763. The molecule has 9 nitrogen and oxygen atoms in total. The van der Waals surface area contributed by atoms with Gasteiger partial charge in [0.05, 0.1) is 18.6 Å². The van der Waals surface area contributed by atoms with Crippen LogP contribution in [0.15, 0.2) is 76.6 Å². The summed E-state index contributed by atoms with van der Waals surface area (Å²) in [4.78, 5) is 33.2. The second kappa shape index (κ2) is 9.84. The zero-order chi connectivity index (χ0) is 26.2. The van der Waals surface area contributed by atoms with Gasteiger partial charge in [0, 0.05) is 6.20 Å². The molecule has 1 amide bonds. The first-order valence-electron chi connectivity index (χ1n) is 11.5. The van der Waals surface area contributed by atoms with Gasteiger partial charge in [-0.3, -0.25) is 18.9 Å². The van der Waals surface area contributed by atoms with Crippen LogP contribution in [0.25, 0.3) is 11.7 Å². The Morgan fingerprint density at radius 3 is 2.66 bits per heavy atom. The summed E-state index contributed by atoms with van der Waals surface area (Å²) in [6.07, 6.45) is 3.11. The van der Waals surface area contributed by atoms with Crippen molar-refractivity contribution in [3.8, 4) is 28.9 Å². The Labute approximate surface area is 226 Å². The molecule has 2 aliphatic rings. The third-order valence-corrected chi connectivity index (χ3v) is 7.31. The molecular weight excluding hydrogens is 526 g/mol. The quantitative estimate of drug-likeness (QED) is 0.254. The summed E-state index contributed by atoms with van der Waals surface area (Å²) in [5, 5.41) is 0. The fourth-order valence-electron chi connectivity index (χ4n) is 4.03. The molecule has 0 unspecified atom stereocenters. The van der Waals surface area contributed by atoms with Crippen molar-refractivity contribution in [3.63, 3.8) is 0 Å². The Balaban J connectivity index is 1.35. The van der Waals surface area contributed by atoms with Crippen molar-refractivity contribution >= 4 is 45.9 Å². The summed E-state index contributed by atoms with van der Waals surface area (Å²) in [6.45, 7) is 0.418. The standard InChI is InChI=1S/C27H19N3O6S2/c1-33-17-6-8-18(9-7-17)36-24-19(25(31)29-11-3-2-4-23(29)28-24)13-22-26(32)30(27(37)38-22)14-16-5-10-20-21(12-16)35-15-34-20/h2-13H,14-15H2,1H3. The summed E-state index contributed by atoms with van der Waals surface area (Å²) >= 11 is 6.63. The van der Waals surface area contributed by atoms with Gasteiger partial charge in [0.25, 0.3) is 11.5 Å². The first kappa shape index (κ1) is 24.0. The molecule has 0 radical (unpaired) electrons. The molecule has 0 saturated carbocycles. The van der Waals surface area contributed by atoms with E-state index in [0.29, 0.717) is 37.9 Å². The summed E-state index contributed by atoms with van der Waals surface area (Å²) in [7, 11) is 1.57. The summed E-state index contributed by atoms with van der Waals surface area (Å²) in [5.41, 5.74) is 1.00. The number of rotatable bonds is 6. The largest absolute Gasteiger partial charge is 0.497 e. The predicted molar refractivity (Wildman–Crippen MR) is 146 cm³/mol. The molecule has 11 heteroatoms. The molecule has 0 atom stereocenters. The van der Waals surface area contributed by atoms with E-state index in [1.807, 2.05) is 12.1 Å². The Bertz CT molecular complexity index is 1680. The van der Waals surface area contributed by atoms with E-state index in [-0.39, 0.29) is 36.2 Å². The lowest BCUT2D eigenvalue weighted by Crippen LogP contribution is -2.27. The maximum Gasteiger partial charge on any atom is 0.269 e. The molecule has 0 aliphatic carbocycles. The minimum Gasteiger partial charge on any atom is -0.497 e. The molecule has 38 heavy (non-hydrogen) atoms. The Morgan fingerprint density at radius 1 is 1.05 bits per heavy atom. The van der Waals surface area contributed by atoms with Crippen LogP contribution in [0.3, 0.4) is 0 Å². The molecular formula is C27H19N3O6S2. The summed E-state index contributed by atoms with van der Waals surface area (Å²) in [5.74, 6) is 2.17. The van der Waals surface area contributed by atoms with Crippen LogP contribution in [-0.2, 0) is 11.3 Å². The number of thioether (sulfide) groups is 1.